The number of nitrogens with zero attached hydrogens (tertiary/aromatic N) is 2. The monoisotopic (exact) mass is 410 g/mol. The van der Waals surface area contributed by atoms with Crippen LogP contribution in [0, 0.1) is 6.92 Å². The number of likely N-dealkylation sites (tertiary alicyclic amines) is 1. The number of aryl methyl sites for hydroxylation is 1. The first-order chi connectivity index (χ1) is 14.5. The highest BCUT2D eigenvalue weighted by molar-refractivity contribution is 5.86. The van der Waals surface area contributed by atoms with Gasteiger partial charge in [0.1, 0.15) is 12.4 Å². The summed E-state index contributed by atoms with van der Waals surface area (Å²) in [5.41, 5.74) is 7.86. The molecule has 1 aliphatic heterocycles. The fourth-order valence-corrected chi connectivity index (χ4v) is 3.45. The van der Waals surface area contributed by atoms with Crippen LogP contribution in [0.5, 0.6) is 5.75 Å². The summed E-state index contributed by atoms with van der Waals surface area (Å²) in [6, 6.07) is 17.3. The summed E-state index contributed by atoms with van der Waals surface area (Å²) in [6.07, 6.45) is 0.818. The molecule has 7 heteroatoms. The first kappa shape index (κ1) is 21.6. The van der Waals surface area contributed by atoms with Crippen molar-refractivity contribution in [3.63, 3.8) is 0 Å². The van der Waals surface area contributed by atoms with Crippen molar-refractivity contribution in [3.8, 4) is 5.75 Å². The second-order valence-corrected chi connectivity index (χ2v) is 7.60. The third-order valence-corrected chi connectivity index (χ3v) is 5.04. The Morgan fingerprint density at radius 1 is 1.17 bits per heavy atom. The molecule has 1 fully saturated rings. The number of nitrogens with one attached hydrogen (secondary N) is 1. The molecule has 0 radical (unpaired) electrons. The van der Waals surface area contributed by atoms with Gasteiger partial charge in [0.2, 0.25) is 11.8 Å². The molecule has 0 aliphatic carbocycles. The van der Waals surface area contributed by atoms with Crippen LogP contribution in [-0.4, -0.2) is 62.1 Å². The maximum Gasteiger partial charge on any atom is 0.242 e. The van der Waals surface area contributed by atoms with Crippen LogP contribution >= 0.6 is 0 Å². The second-order valence-electron chi connectivity index (χ2n) is 7.60. The highest BCUT2D eigenvalue weighted by Gasteiger charge is 2.25. The van der Waals surface area contributed by atoms with E-state index in [9.17, 15) is 9.59 Å². The second kappa shape index (κ2) is 10.6. The first-order valence-corrected chi connectivity index (χ1v) is 10.3. The van der Waals surface area contributed by atoms with E-state index in [1.54, 1.807) is 4.90 Å². The van der Waals surface area contributed by atoms with Crippen molar-refractivity contribution in [2.45, 2.75) is 19.4 Å². The lowest BCUT2D eigenvalue weighted by atomic mass is 10.2. The fraction of sp³-hybridized carbons (Fsp3) is 0.391. The Balaban J connectivity index is 1.54. The molecule has 3 rings (SSSR count). The Morgan fingerprint density at radius 2 is 1.97 bits per heavy atom. The Hall–Kier alpha value is -3.06. The SMILES string of the molecule is Cc1cccc(N(CC(=O)NCCOc2ccccc2)CC(=O)N2CCC(N)C2)c1. The van der Waals surface area contributed by atoms with Gasteiger partial charge in [0.15, 0.2) is 0 Å². The zero-order valence-electron chi connectivity index (χ0n) is 17.4. The molecule has 1 heterocycles. The van der Waals surface area contributed by atoms with E-state index in [0.717, 1.165) is 23.4 Å². The van der Waals surface area contributed by atoms with Crippen LogP contribution < -0.4 is 20.7 Å². The van der Waals surface area contributed by atoms with Gasteiger partial charge in [-0.1, -0.05) is 30.3 Å². The fourth-order valence-electron chi connectivity index (χ4n) is 3.45. The lowest BCUT2D eigenvalue weighted by molar-refractivity contribution is -0.128. The van der Waals surface area contributed by atoms with E-state index in [4.69, 9.17) is 10.5 Å². The summed E-state index contributed by atoms with van der Waals surface area (Å²) in [5.74, 6) is 0.603. The van der Waals surface area contributed by atoms with Crippen LogP contribution in [0.2, 0.25) is 0 Å². The molecule has 0 spiro atoms. The number of nitrogens with two attached hydrogens (primary N) is 1. The minimum absolute atomic E-state index is 0.00957. The van der Waals surface area contributed by atoms with E-state index < -0.39 is 0 Å². The molecule has 7 nitrogen and oxygen atoms in total. The van der Waals surface area contributed by atoms with Gasteiger partial charge in [0.05, 0.1) is 19.6 Å². The minimum atomic E-state index is -0.154. The van der Waals surface area contributed by atoms with E-state index in [1.165, 1.54) is 0 Å². The average molecular weight is 411 g/mol. The molecule has 0 saturated carbocycles. The standard InChI is InChI=1S/C23H30N4O3/c1-18-6-5-7-20(14-18)27(17-23(29)26-12-10-19(24)15-26)16-22(28)25-11-13-30-21-8-3-2-4-9-21/h2-9,14,19H,10-13,15-17,24H2,1H3,(H,25,28). The summed E-state index contributed by atoms with van der Waals surface area (Å²) < 4.78 is 5.60. The molecule has 1 aliphatic rings. The van der Waals surface area contributed by atoms with E-state index in [0.29, 0.717) is 26.2 Å². The Morgan fingerprint density at radius 3 is 2.67 bits per heavy atom. The van der Waals surface area contributed by atoms with Crippen molar-refractivity contribution < 1.29 is 14.3 Å². The third-order valence-electron chi connectivity index (χ3n) is 5.04. The number of carbonyl (C=O) groups excluding carboxylic acids is 2. The van der Waals surface area contributed by atoms with Crippen molar-refractivity contribution in [2.24, 2.45) is 5.73 Å². The van der Waals surface area contributed by atoms with E-state index in [1.807, 2.05) is 66.4 Å². The van der Waals surface area contributed by atoms with Gasteiger partial charge in [-0.05, 0) is 43.2 Å². The predicted octanol–water partition coefficient (Wildman–Crippen LogP) is 1.56. The summed E-state index contributed by atoms with van der Waals surface area (Å²) in [6.45, 7) is 4.25. The van der Waals surface area contributed by atoms with Crippen LogP contribution in [-0.2, 0) is 9.59 Å². The van der Waals surface area contributed by atoms with Crippen molar-refractivity contribution in [3.05, 3.63) is 60.2 Å². The number of benzene rings is 2. The van der Waals surface area contributed by atoms with Crippen LogP contribution in [0.25, 0.3) is 0 Å². The largest absolute Gasteiger partial charge is 0.492 e. The molecule has 2 amide bonds. The van der Waals surface area contributed by atoms with Gasteiger partial charge in [-0.2, -0.15) is 0 Å². The molecule has 1 saturated heterocycles. The summed E-state index contributed by atoms with van der Waals surface area (Å²) in [4.78, 5) is 28.8. The number of rotatable bonds is 9. The molecule has 2 aromatic rings. The average Bonchev–Trinajstić information content (AvgIpc) is 3.18. The van der Waals surface area contributed by atoms with Crippen molar-refractivity contribution >= 4 is 17.5 Å². The summed E-state index contributed by atoms with van der Waals surface area (Å²) in [7, 11) is 0. The third kappa shape index (κ3) is 6.49. The molecule has 1 atom stereocenters. The lowest BCUT2D eigenvalue weighted by Gasteiger charge is -2.26. The Labute approximate surface area is 177 Å². The first-order valence-electron chi connectivity index (χ1n) is 10.3. The van der Waals surface area contributed by atoms with E-state index >= 15 is 0 Å². The topological polar surface area (TPSA) is 87.9 Å². The zero-order valence-corrected chi connectivity index (χ0v) is 17.4. The molecule has 0 aromatic heterocycles. The lowest BCUT2D eigenvalue weighted by Crippen LogP contribution is -2.45. The number of hydrogen-bond donors (Lipinski definition) is 2. The number of amides is 2. The van der Waals surface area contributed by atoms with Gasteiger partial charge in [-0.25, -0.2) is 0 Å². The Bertz CT molecular complexity index is 843. The zero-order chi connectivity index (χ0) is 21.3. The highest BCUT2D eigenvalue weighted by atomic mass is 16.5. The van der Waals surface area contributed by atoms with Crippen molar-refractivity contribution in [2.75, 3.05) is 44.2 Å². The highest BCUT2D eigenvalue weighted by Crippen LogP contribution is 2.17. The maximum absolute atomic E-state index is 12.7. The number of para-hydroxylation sites is 1. The molecule has 3 N–H and O–H groups in total. The number of ether oxygens (including phenoxy) is 1. The van der Waals surface area contributed by atoms with E-state index in [-0.39, 0.29) is 30.9 Å². The van der Waals surface area contributed by atoms with Gasteiger partial charge in [-0.15, -0.1) is 0 Å². The normalized spacial score (nSPS) is 15.7. The predicted molar refractivity (Wildman–Crippen MR) is 118 cm³/mol. The van der Waals surface area contributed by atoms with Gasteiger partial charge >= 0.3 is 0 Å². The summed E-state index contributed by atoms with van der Waals surface area (Å²) >= 11 is 0. The van der Waals surface area contributed by atoms with Crippen LogP contribution in [0.1, 0.15) is 12.0 Å². The van der Waals surface area contributed by atoms with Gasteiger partial charge in [0, 0.05) is 24.8 Å². The molecular formula is C23H30N4O3. The van der Waals surface area contributed by atoms with Gasteiger partial charge in [-0.3, -0.25) is 9.59 Å². The smallest absolute Gasteiger partial charge is 0.242 e. The number of carbonyl (C=O) groups is 2. The molecule has 30 heavy (non-hydrogen) atoms. The van der Waals surface area contributed by atoms with Crippen molar-refractivity contribution in [1.82, 2.24) is 10.2 Å². The van der Waals surface area contributed by atoms with Gasteiger partial charge in [0.25, 0.3) is 0 Å². The molecule has 1 unspecified atom stereocenters. The van der Waals surface area contributed by atoms with E-state index in [2.05, 4.69) is 5.32 Å². The van der Waals surface area contributed by atoms with Gasteiger partial charge < -0.3 is 25.6 Å². The Kier molecular flexibility index (Phi) is 7.68. The molecule has 160 valence electrons. The summed E-state index contributed by atoms with van der Waals surface area (Å²) in [5, 5.41) is 2.87. The molecular weight excluding hydrogens is 380 g/mol. The van der Waals surface area contributed by atoms with Crippen molar-refractivity contribution in [1.29, 1.82) is 0 Å². The molecule has 0 bridgehead atoms. The maximum atomic E-state index is 12.7. The quantitative estimate of drug-likeness (QED) is 0.613. The van der Waals surface area contributed by atoms with Crippen LogP contribution in [0.15, 0.2) is 54.6 Å². The van der Waals surface area contributed by atoms with Crippen LogP contribution in [0.3, 0.4) is 0 Å². The molecule has 2 aromatic carbocycles. The van der Waals surface area contributed by atoms with Crippen LogP contribution in [0.4, 0.5) is 5.69 Å². The minimum Gasteiger partial charge on any atom is -0.492 e. The number of anilines is 1. The number of hydrogen-bond acceptors (Lipinski definition) is 5.